The fourth-order valence-corrected chi connectivity index (χ4v) is 5.43. The average molecular weight is 370 g/mol. The number of carbonyl (C=O) groups excluding carboxylic acids is 1. The molecule has 0 N–H and O–H groups in total. The van der Waals surface area contributed by atoms with Crippen LogP contribution >= 0.6 is 11.3 Å². The van der Waals surface area contributed by atoms with Crippen molar-refractivity contribution in [2.24, 2.45) is 5.41 Å². The second-order valence-electron chi connectivity index (χ2n) is 7.93. The second kappa shape index (κ2) is 7.49. The van der Waals surface area contributed by atoms with Crippen LogP contribution in [0.25, 0.3) is 0 Å². The first-order valence-electron chi connectivity index (χ1n) is 9.56. The Morgan fingerprint density at radius 3 is 2.92 bits per heavy atom. The van der Waals surface area contributed by atoms with E-state index in [1.54, 1.807) is 12.4 Å². The lowest BCUT2D eigenvalue weighted by atomic mass is 9.79. The molecule has 2 aromatic rings. The Kier molecular flexibility index (Phi) is 5.09. The number of amides is 1. The zero-order valence-corrected chi connectivity index (χ0v) is 16.3. The number of likely N-dealkylation sites (tertiary alicyclic amines) is 2. The third-order valence-corrected chi connectivity index (χ3v) is 6.77. The summed E-state index contributed by atoms with van der Waals surface area (Å²) < 4.78 is 0. The molecule has 1 amide bonds. The molecule has 0 unspecified atom stereocenters. The van der Waals surface area contributed by atoms with E-state index in [-0.39, 0.29) is 5.91 Å². The van der Waals surface area contributed by atoms with E-state index < -0.39 is 0 Å². The first-order valence-corrected chi connectivity index (χ1v) is 10.4. The summed E-state index contributed by atoms with van der Waals surface area (Å²) in [5, 5.41) is 0. The first-order chi connectivity index (χ1) is 12.6. The quantitative estimate of drug-likeness (QED) is 0.827. The van der Waals surface area contributed by atoms with Crippen molar-refractivity contribution in [3.05, 3.63) is 52.0 Å². The number of hydrogen-bond donors (Lipinski definition) is 0. The minimum Gasteiger partial charge on any atom is -0.342 e. The van der Waals surface area contributed by atoms with E-state index >= 15 is 0 Å². The SMILES string of the molecule is Cc1ccc(CN2CC[C@@]3(CCCN(C(=O)Cc4cccnc4)C3)C2)s1. The monoisotopic (exact) mass is 369 g/mol. The van der Waals surface area contributed by atoms with Gasteiger partial charge in [0.1, 0.15) is 0 Å². The summed E-state index contributed by atoms with van der Waals surface area (Å²) in [7, 11) is 0. The second-order valence-corrected chi connectivity index (χ2v) is 9.30. The molecule has 5 heteroatoms. The summed E-state index contributed by atoms with van der Waals surface area (Å²) in [6.07, 6.45) is 7.63. The number of nitrogens with zero attached hydrogens (tertiary/aromatic N) is 3. The largest absolute Gasteiger partial charge is 0.342 e. The van der Waals surface area contributed by atoms with Gasteiger partial charge in [0, 0.05) is 53.7 Å². The molecule has 2 aliphatic heterocycles. The van der Waals surface area contributed by atoms with Crippen LogP contribution in [-0.4, -0.2) is 46.9 Å². The van der Waals surface area contributed by atoms with Gasteiger partial charge < -0.3 is 4.90 Å². The smallest absolute Gasteiger partial charge is 0.227 e. The lowest BCUT2D eigenvalue weighted by Gasteiger charge is -2.40. The van der Waals surface area contributed by atoms with Crippen LogP contribution in [-0.2, 0) is 17.8 Å². The maximum atomic E-state index is 12.8. The van der Waals surface area contributed by atoms with Gasteiger partial charge in [-0.05, 0) is 56.5 Å². The molecular formula is C21H27N3OS. The van der Waals surface area contributed by atoms with Crippen LogP contribution in [0.5, 0.6) is 0 Å². The van der Waals surface area contributed by atoms with Gasteiger partial charge in [0.25, 0.3) is 0 Å². The zero-order chi connectivity index (χ0) is 18.0. The van der Waals surface area contributed by atoms with Gasteiger partial charge in [0.2, 0.25) is 5.91 Å². The highest BCUT2D eigenvalue weighted by atomic mass is 32.1. The topological polar surface area (TPSA) is 36.4 Å². The van der Waals surface area contributed by atoms with Crippen molar-refractivity contribution < 1.29 is 4.79 Å². The molecule has 0 aromatic carbocycles. The van der Waals surface area contributed by atoms with Crippen molar-refractivity contribution >= 4 is 17.2 Å². The van der Waals surface area contributed by atoms with Crippen molar-refractivity contribution in [1.82, 2.24) is 14.8 Å². The normalized spacial score (nSPS) is 23.7. The Bertz CT molecular complexity index is 760. The third kappa shape index (κ3) is 3.99. The summed E-state index contributed by atoms with van der Waals surface area (Å²) >= 11 is 1.90. The highest BCUT2D eigenvalue weighted by molar-refractivity contribution is 7.11. The van der Waals surface area contributed by atoms with Gasteiger partial charge in [0.05, 0.1) is 6.42 Å². The standard InChI is InChI=1S/C21H27N3OS/c1-17-5-6-19(26-17)14-23-11-8-21(15-23)7-3-10-24(16-21)20(25)12-18-4-2-9-22-13-18/h2,4-6,9,13H,3,7-8,10-12,14-16H2,1H3/t21-/m0/s1. The van der Waals surface area contributed by atoms with Crippen LogP contribution in [0, 0.1) is 12.3 Å². The lowest BCUT2D eigenvalue weighted by molar-refractivity contribution is -0.133. The number of aromatic nitrogens is 1. The van der Waals surface area contributed by atoms with Gasteiger partial charge in [-0.25, -0.2) is 0 Å². The molecule has 4 nitrogen and oxygen atoms in total. The highest BCUT2D eigenvalue weighted by Gasteiger charge is 2.42. The molecule has 4 rings (SSSR count). The van der Waals surface area contributed by atoms with Crippen molar-refractivity contribution in [3.8, 4) is 0 Å². The average Bonchev–Trinajstić information content (AvgIpc) is 3.22. The summed E-state index contributed by atoms with van der Waals surface area (Å²) in [5.41, 5.74) is 1.31. The van der Waals surface area contributed by atoms with Crippen LogP contribution in [0.1, 0.15) is 34.6 Å². The Balaban J connectivity index is 1.36. The Morgan fingerprint density at radius 1 is 1.23 bits per heavy atom. The number of carbonyl (C=O) groups is 1. The molecule has 2 aromatic heterocycles. The molecule has 1 atom stereocenters. The number of hydrogen-bond acceptors (Lipinski definition) is 4. The summed E-state index contributed by atoms with van der Waals surface area (Å²) in [6.45, 7) is 7.34. The number of thiophene rings is 1. The van der Waals surface area contributed by atoms with Crippen LogP contribution in [0.2, 0.25) is 0 Å². The van der Waals surface area contributed by atoms with E-state index in [9.17, 15) is 4.79 Å². The predicted molar refractivity (Wildman–Crippen MR) is 105 cm³/mol. The Morgan fingerprint density at radius 2 is 2.15 bits per heavy atom. The van der Waals surface area contributed by atoms with Crippen molar-refractivity contribution in [2.75, 3.05) is 26.2 Å². The van der Waals surface area contributed by atoms with E-state index in [1.807, 2.05) is 23.5 Å². The van der Waals surface area contributed by atoms with Crippen LogP contribution in [0.4, 0.5) is 0 Å². The number of rotatable bonds is 4. The van der Waals surface area contributed by atoms with Crippen molar-refractivity contribution in [1.29, 1.82) is 0 Å². The molecular weight excluding hydrogens is 342 g/mol. The van der Waals surface area contributed by atoms with Crippen LogP contribution in [0.3, 0.4) is 0 Å². The molecule has 0 radical (unpaired) electrons. The van der Waals surface area contributed by atoms with Crippen molar-refractivity contribution in [3.63, 3.8) is 0 Å². The van der Waals surface area contributed by atoms with Gasteiger partial charge >= 0.3 is 0 Å². The summed E-state index contributed by atoms with van der Waals surface area (Å²) in [4.78, 5) is 24.4. The number of pyridine rings is 1. The van der Waals surface area contributed by atoms with E-state index in [2.05, 4.69) is 33.8 Å². The summed E-state index contributed by atoms with van der Waals surface area (Å²) in [5.74, 6) is 0.254. The maximum absolute atomic E-state index is 12.8. The molecule has 0 bridgehead atoms. The molecule has 1 spiro atoms. The minimum atomic E-state index is 0.254. The number of aryl methyl sites for hydroxylation is 1. The minimum absolute atomic E-state index is 0.254. The first kappa shape index (κ1) is 17.7. The predicted octanol–water partition coefficient (Wildman–Crippen LogP) is 3.51. The molecule has 26 heavy (non-hydrogen) atoms. The molecule has 4 heterocycles. The lowest BCUT2D eigenvalue weighted by Crippen LogP contribution is -2.47. The fraction of sp³-hybridized carbons (Fsp3) is 0.524. The van der Waals surface area contributed by atoms with E-state index in [4.69, 9.17) is 0 Å². The molecule has 2 fully saturated rings. The third-order valence-electron chi connectivity index (χ3n) is 5.79. The van der Waals surface area contributed by atoms with Gasteiger partial charge in [-0.1, -0.05) is 6.07 Å². The molecule has 0 saturated carbocycles. The molecule has 0 aliphatic carbocycles. The van der Waals surface area contributed by atoms with Gasteiger partial charge in [-0.2, -0.15) is 0 Å². The van der Waals surface area contributed by atoms with Gasteiger partial charge in [-0.15, -0.1) is 11.3 Å². The highest BCUT2D eigenvalue weighted by Crippen LogP contribution is 2.39. The van der Waals surface area contributed by atoms with Gasteiger partial charge in [-0.3, -0.25) is 14.7 Å². The summed E-state index contributed by atoms with van der Waals surface area (Å²) in [6, 6.07) is 8.37. The van der Waals surface area contributed by atoms with Crippen molar-refractivity contribution in [2.45, 2.75) is 39.2 Å². The Labute approximate surface area is 159 Å². The van der Waals surface area contributed by atoms with E-state index in [0.29, 0.717) is 11.8 Å². The van der Waals surface area contributed by atoms with Gasteiger partial charge in [0.15, 0.2) is 0 Å². The van der Waals surface area contributed by atoms with Crippen LogP contribution < -0.4 is 0 Å². The van der Waals surface area contributed by atoms with E-state index in [1.165, 1.54) is 22.6 Å². The molecule has 2 aliphatic rings. The van der Waals surface area contributed by atoms with Crippen LogP contribution in [0.15, 0.2) is 36.7 Å². The number of piperidine rings is 1. The zero-order valence-electron chi connectivity index (χ0n) is 15.5. The van der Waals surface area contributed by atoms with E-state index in [0.717, 1.165) is 44.7 Å². The molecule has 138 valence electrons. The fourth-order valence-electron chi connectivity index (χ4n) is 4.50. The maximum Gasteiger partial charge on any atom is 0.227 e. The Hall–Kier alpha value is -1.72. The molecule has 2 saturated heterocycles.